The fraction of sp³-hybridized carbons (Fsp3) is 0.435. The van der Waals surface area contributed by atoms with Crippen molar-refractivity contribution in [3.63, 3.8) is 0 Å². The molecule has 4 rings (SSSR count). The molecule has 7 heteroatoms. The number of benzene rings is 2. The van der Waals surface area contributed by atoms with Crippen LogP contribution in [0.3, 0.4) is 0 Å². The average Bonchev–Trinajstić information content (AvgIpc) is 3.48. The van der Waals surface area contributed by atoms with Gasteiger partial charge in [-0.2, -0.15) is 13.2 Å². The van der Waals surface area contributed by atoms with Crippen molar-refractivity contribution in [1.82, 2.24) is 10.6 Å². The highest BCUT2D eigenvalue weighted by Gasteiger charge is 2.40. The van der Waals surface area contributed by atoms with Crippen molar-refractivity contribution in [3.05, 3.63) is 59.7 Å². The summed E-state index contributed by atoms with van der Waals surface area (Å²) >= 11 is 0. The lowest BCUT2D eigenvalue weighted by Gasteiger charge is -2.29. The van der Waals surface area contributed by atoms with Crippen molar-refractivity contribution >= 4 is 6.09 Å². The fourth-order valence-electron chi connectivity index (χ4n) is 4.43. The Morgan fingerprint density at radius 3 is 2.23 bits per heavy atom. The Morgan fingerprint density at radius 1 is 0.933 bits per heavy atom. The summed E-state index contributed by atoms with van der Waals surface area (Å²) in [5.74, 6) is 0.426. The summed E-state index contributed by atoms with van der Waals surface area (Å²) in [6.45, 7) is 0. The zero-order valence-corrected chi connectivity index (χ0v) is 16.5. The van der Waals surface area contributed by atoms with Crippen molar-refractivity contribution in [2.24, 2.45) is 0 Å². The molecule has 0 heterocycles. The van der Waals surface area contributed by atoms with Gasteiger partial charge in [-0.05, 0) is 60.9 Å². The third-order valence-corrected chi connectivity index (χ3v) is 6.16. The van der Waals surface area contributed by atoms with Crippen LogP contribution < -0.4 is 10.6 Å². The van der Waals surface area contributed by atoms with Gasteiger partial charge < -0.3 is 15.7 Å². The first-order chi connectivity index (χ1) is 14.3. The summed E-state index contributed by atoms with van der Waals surface area (Å²) in [7, 11) is 0. The third kappa shape index (κ3) is 4.95. The van der Waals surface area contributed by atoms with Gasteiger partial charge in [0, 0.05) is 24.0 Å². The molecular weight excluding hydrogens is 393 g/mol. The van der Waals surface area contributed by atoms with E-state index >= 15 is 0 Å². The molecule has 4 nitrogen and oxygen atoms in total. The SMILES string of the molecule is O=C(O)N[C@H]1CC[C@@H](N[C@H]2C[C@@H]2c2ccc(-c3cccc(C(F)(F)F)c3)cc2)CC1. The topological polar surface area (TPSA) is 61.4 Å². The molecule has 0 bridgehead atoms. The lowest BCUT2D eigenvalue weighted by molar-refractivity contribution is -0.137. The van der Waals surface area contributed by atoms with Gasteiger partial charge in [-0.25, -0.2) is 4.79 Å². The van der Waals surface area contributed by atoms with Gasteiger partial charge in [0.05, 0.1) is 5.56 Å². The van der Waals surface area contributed by atoms with Crippen LogP contribution in [0.5, 0.6) is 0 Å². The molecule has 1 amide bonds. The Bertz CT molecular complexity index is 890. The van der Waals surface area contributed by atoms with E-state index in [1.807, 2.05) is 24.3 Å². The minimum atomic E-state index is -4.34. The van der Waals surface area contributed by atoms with Crippen LogP contribution in [-0.4, -0.2) is 29.3 Å². The molecule has 2 aliphatic carbocycles. The molecule has 160 valence electrons. The number of halogens is 3. The van der Waals surface area contributed by atoms with E-state index in [1.54, 1.807) is 6.07 Å². The summed E-state index contributed by atoms with van der Waals surface area (Å²) in [5.41, 5.74) is 1.90. The van der Waals surface area contributed by atoms with E-state index in [0.717, 1.165) is 43.7 Å². The standard InChI is InChI=1S/C23H25F3N2O2/c24-23(25,26)17-3-1-2-16(12-17)14-4-6-15(7-5-14)20-13-21(20)27-18-8-10-19(11-9-18)28-22(29)30/h1-7,12,18-21,27-28H,8-11,13H2,(H,29,30)/t18-,19+,20-,21+/m1/s1. The van der Waals surface area contributed by atoms with E-state index in [1.165, 1.54) is 17.7 Å². The van der Waals surface area contributed by atoms with E-state index in [9.17, 15) is 18.0 Å². The molecule has 0 saturated heterocycles. The monoisotopic (exact) mass is 418 g/mol. The van der Waals surface area contributed by atoms with Gasteiger partial charge in [0.25, 0.3) is 0 Å². The van der Waals surface area contributed by atoms with Crippen LogP contribution in [0.2, 0.25) is 0 Å². The first-order valence-corrected chi connectivity index (χ1v) is 10.3. The first-order valence-electron chi connectivity index (χ1n) is 10.3. The maximum atomic E-state index is 12.9. The first kappa shape index (κ1) is 20.7. The molecule has 0 spiro atoms. The Kier molecular flexibility index (Phi) is 5.73. The molecule has 2 aromatic rings. The van der Waals surface area contributed by atoms with E-state index < -0.39 is 17.8 Å². The molecule has 0 unspecified atom stereocenters. The smallest absolute Gasteiger partial charge is 0.416 e. The van der Waals surface area contributed by atoms with Crippen molar-refractivity contribution in [2.75, 3.05) is 0 Å². The summed E-state index contributed by atoms with van der Waals surface area (Å²) in [4.78, 5) is 10.7. The molecule has 2 aromatic carbocycles. The van der Waals surface area contributed by atoms with Crippen molar-refractivity contribution < 1.29 is 23.1 Å². The Hall–Kier alpha value is -2.54. The summed E-state index contributed by atoms with van der Waals surface area (Å²) in [6, 6.07) is 14.1. The molecule has 0 radical (unpaired) electrons. The van der Waals surface area contributed by atoms with Gasteiger partial charge in [-0.3, -0.25) is 0 Å². The molecule has 2 aliphatic rings. The van der Waals surface area contributed by atoms with Crippen LogP contribution in [0.25, 0.3) is 11.1 Å². The molecule has 0 aliphatic heterocycles. The molecule has 2 fully saturated rings. The van der Waals surface area contributed by atoms with Crippen LogP contribution in [0.15, 0.2) is 48.5 Å². The second-order valence-corrected chi connectivity index (χ2v) is 8.31. The van der Waals surface area contributed by atoms with Crippen molar-refractivity contribution in [3.8, 4) is 11.1 Å². The number of hydrogen-bond acceptors (Lipinski definition) is 2. The quantitative estimate of drug-likeness (QED) is 0.610. The van der Waals surface area contributed by atoms with E-state index in [0.29, 0.717) is 23.6 Å². The Morgan fingerprint density at radius 2 is 1.60 bits per heavy atom. The largest absolute Gasteiger partial charge is 0.465 e. The fourth-order valence-corrected chi connectivity index (χ4v) is 4.43. The number of amides is 1. The Balaban J connectivity index is 1.31. The van der Waals surface area contributed by atoms with Crippen LogP contribution in [0.4, 0.5) is 18.0 Å². The lowest BCUT2D eigenvalue weighted by atomic mass is 9.91. The van der Waals surface area contributed by atoms with Crippen molar-refractivity contribution in [1.29, 1.82) is 0 Å². The van der Waals surface area contributed by atoms with E-state index in [4.69, 9.17) is 5.11 Å². The zero-order valence-electron chi connectivity index (χ0n) is 16.5. The van der Waals surface area contributed by atoms with Gasteiger partial charge in [-0.1, -0.05) is 36.4 Å². The molecule has 2 saturated carbocycles. The predicted octanol–water partition coefficient (Wildman–Crippen LogP) is 5.40. The van der Waals surface area contributed by atoms with E-state index in [-0.39, 0.29) is 6.04 Å². The molecule has 0 aromatic heterocycles. The molecule has 30 heavy (non-hydrogen) atoms. The van der Waals surface area contributed by atoms with Crippen molar-refractivity contribution in [2.45, 2.75) is 62.3 Å². The second-order valence-electron chi connectivity index (χ2n) is 8.31. The highest BCUT2D eigenvalue weighted by molar-refractivity contribution is 5.65. The van der Waals surface area contributed by atoms with Crippen LogP contribution in [0.1, 0.15) is 49.1 Å². The third-order valence-electron chi connectivity index (χ3n) is 6.16. The summed E-state index contributed by atoms with van der Waals surface area (Å²) < 4.78 is 38.8. The van der Waals surface area contributed by atoms with Gasteiger partial charge in [-0.15, -0.1) is 0 Å². The van der Waals surface area contributed by atoms with Gasteiger partial charge in [0.1, 0.15) is 0 Å². The number of alkyl halides is 3. The molecular formula is C23H25F3N2O2. The average molecular weight is 418 g/mol. The van der Waals surface area contributed by atoms with Gasteiger partial charge >= 0.3 is 12.3 Å². The summed E-state index contributed by atoms with van der Waals surface area (Å²) in [5, 5.41) is 15.1. The normalized spacial score (nSPS) is 26.2. The summed E-state index contributed by atoms with van der Waals surface area (Å²) in [6.07, 6.45) is -0.616. The lowest BCUT2D eigenvalue weighted by Crippen LogP contribution is -2.42. The second kappa shape index (κ2) is 8.30. The predicted molar refractivity (Wildman–Crippen MR) is 108 cm³/mol. The molecule has 3 N–H and O–H groups in total. The highest BCUT2D eigenvalue weighted by Crippen LogP contribution is 2.42. The minimum Gasteiger partial charge on any atom is -0.465 e. The van der Waals surface area contributed by atoms with Crippen LogP contribution >= 0.6 is 0 Å². The number of carbonyl (C=O) groups is 1. The number of hydrogen-bond donors (Lipinski definition) is 3. The van der Waals surface area contributed by atoms with Crippen LogP contribution in [-0.2, 0) is 6.18 Å². The minimum absolute atomic E-state index is 0.0546. The maximum absolute atomic E-state index is 12.9. The number of nitrogens with one attached hydrogen (secondary N) is 2. The van der Waals surface area contributed by atoms with Crippen LogP contribution in [0, 0.1) is 0 Å². The molecule has 2 atom stereocenters. The highest BCUT2D eigenvalue weighted by atomic mass is 19.4. The number of carboxylic acid groups (broad SMARTS) is 1. The van der Waals surface area contributed by atoms with E-state index in [2.05, 4.69) is 10.6 Å². The maximum Gasteiger partial charge on any atom is 0.416 e. The zero-order chi connectivity index (χ0) is 21.3. The Labute approximate surface area is 173 Å². The number of rotatable bonds is 5. The van der Waals surface area contributed by atoms with Gasteiger partial charge in [0.15, 0.2) is 0 Å². The van der Waals surface area contributed by atoms with Gasteiger partial charge in [0.2, 0.25) is 0 Å².